The quantitative estimate of drug-likeness (QED) is 0.589. The SMILES string of the molecule is CC(=O)c1ccc(N2CCN(C(=O)COC(=O)c3ccco3)CC2)c(F)c1. The van der Waals surface area contributed by atoms with E-state index in [2.05, 4.69) is 0 Å². The molecule has 142 valence electrons. The van der Waals surface area contributed by atoms with Crippen LogP contribution in [0.15, 0.2) is 41.0 Å². The number of hydrogen-bond donors (Lipinski definition) is 0. The van der Waals surface area contributed by atoms with Gasteiger partial charge in [0.15, 0.2) is 12.4 Å². The molecule has 1 aromatic heterocycles. The number of hydrogen-bond acceptors (Lipinski definition) is 6. The molecule has 1 aromatic carbocycles. The topological polar surface area (TPSA) is 80.1 Å². The number of rotatable bonds is 5. The second kappa shape index (κ2) is 8.03. The molecule has 1 aliphatic rings. The predicted molar refractivity (Wildman–Crippen MR) is 94.2 cm³/mol. The number of ether oxygens (including phenoxy) is 1. The van der Waals surface area contributed by atoms with E-state index in [1.165, 1.54) is 25.3 Å². The van der Waals surface area contributed by atoms with Gasteiger partial charge in [0.25, 0.3) is 5.91 Å². The Kier molecular flexibility index (Phi) is 5.54. The van der Waals surface area contributed by atoms with Gasteiger partial charge in [-0.25, -0.2) is 9.18 Å². The number of amides is 1. The number of carbonyl (C=O) groups is 3. The van der Waals surface area contributed by atoms with Gasteiger partial charge in [-0.2, -0.15) is 0 Å². The van der Waals surface area contributed by atoms with Crippen LogP contribution in [-0.2, 0) is 9.53 Å². The van der Waals surface area contributed by atoms with E-state index in [0.717, 1.165) is 0 Å². The lowest BCUT2D eigenvalue weighted by Gasteiger charge is -2.36. The average Bonchev–Trinajstić information content (AvgIpc) is 3.21. The molecule has 2 heterocycles. The van der Waals surface area contributed by atoms with Crippen molar-refractivity contribution in [2.24, 2.45) is 0 Å². The standard InChI is InChI=1S/C19H19FN2O5/c1-13(23)14-4-5-16(15(20)11-14)21-6-8-22(9-7-21)18(24)12-27-19(25)17-3-2-10-26-17/h2-5,10-11H,6-9,12H2,1H3. The molecule has 27 heavy (non-hydrogen) atoms. The van der Waals surface area contributed by atoms with Crippen LogP contribution in [0.3, 0.4) is 0 Å². The Bertz CT molecular complexity index is 842. The van der Waals surface area contributed by atoms with Gasteiger partial charge in [-0.05, 0) is 37.3 Å². The monoisotopic (exact) mass is 374 g/mol. The maximum atomic E-state index is 14.3. The van der Waals surface area contributed by atoms with Crippen LogP contribution in [0.1, 0.15) is 27.8 Å². The Labute approximate surface area is 155 Å². The van der Waals surface area contributed by atoms with Gasteiger partial charge in [-0.3, -0.25) is 9.59 Å². The summed E-state index contributed by atoms with van der Waals surface area (Å²) in [6, 6.07) is 7.40. The number of Topliss-reactive ketones (excluding diaryl/α,β-unsaturated/α-hetero) is 1. The molecule has 0 N–H and O–H groups in total. The molecule has 3 rings (SSSR count). The molecule has 7 nitrogen and oxygen atoms in total. The van der Waals surface area contributed by atoms with Crippen LogP contribution < -0.4 is 4.90 Å². The first-order valence-corrected chi connectivity index (χ1v) is 8.49. The first kappa shape index (κ1) is 18.6. The summed E-state index contributed by atoms with van der Waals surface area (Å²) in [5.41, 5.74) is 0.722. The Morgan fingerprint density at radius 2 is 1.89 bits per heavy atom. The largest absolute Gasteiger partial charge is 0.457 e. The molecule has 8 heteroatoms. The predicted octanol–water partition coefficient (Wildman–Crippen LogP) is 2.13. The van der Waals surface area contributed by atoms with Gasteiger partial charge >= 0.3 is 5.97 Å². The summed E-state index contributed by atoms with van der Waals surface area (Å²) < 4.78 is 24.1. The average molecular weight is 374 g/mol. The number of anilines is 1. The molecule has 1 fully saturated rings. The number of furan rings is 1. The molecule has 1 saturated heterocycles. The molecule has 0 saturated carbocycles. The summed E-state index contributed by atoms with van der Waals surface area (Å²) in [5.74, 6) is -1.63. The van der Waals surface area contributed by atoms with Crippen molar-refractivity contribution in [3.63, 3.8) is 0 Å². The second-order valence-corrected chi connectivity index (χ2v) is 6.14. The maximum absolute atomic E-state index is 14.3. The number of ketones is 1. The minimum absolute atomic E-state index is 0.0390. The molecule has 1 aliphatic heterocycles. The highest BCUT2D eigenvalue weighted by Crippen LogP contribution is 2.22. The molecular weight excluding hydrogens is 355 g/mol. The van der Waals surface area contributed by atoms with Gasteiger partial charge in [0.2, 0.25) is 5.76 Å². The second-order valence-electron chi connectivity index (χ2n) is 6.14. The Morgan fingerprint density at radius 3 is 2.48 bits per heavy atom. The highest BCUT2D eigenvalue weighted by Gasteiger charge is 2.24. The summed E-state index contributed by atoms with van der Waals surface area (Å²) in [5, 5.41) is 0. The van der Waals surface area contributed by atoms with Crippen molar-refractivity contribution < 1.29 is 27.9 Å². The van der Waals surface area contributed by atoms with Crippen LogP contribution in [0.4, 0.5) is 10.1 Å². The van der Waals surface area contributed by atoms with Crippen LogP contribution in [-0.4, -0.2) is 55.3 Å². The van der Waals surface area contributed by atoms with Crippen molar-refractivity contribution in [1.29, 1.82) is 0 Å². The van der Waals surface area contributed by atoms with Crippen molar-refractivity contribution in [3.05, 3.63) is 53.7 Å². The minimum Gasteiger partial charge on any atom is -0.457 e. The van der Waals surface area contributed by atoms with E-state index >= 15 is 0 Å². The summed E-state index contributed by atoms with van der Waals surface area (Å²) in [4.78, 5) is 38.6. The maximum Gasteiger partial charge on any atom is 0.374 e. The highest BCUT2D eigenvalue weighted by atomic mass is 19.1. The third-order valence-electron chi connectivity index (χ3n) is 4.38. The van der Waals surface area contributed by atoms with Crippen molar-refractivity contribution in [3.8, 4) is 0 Å². The van der Waals surface area contributed by atoms with E-state index < -0.39 is 11.8 Å². The summed E-state index contributed by atoms with van der Waals surface area (Å²) >= 11 is 0. The molecular formula is C19H19FN2O5. The number of nitrogens with zero attached hydrogens (tertiary/aromatic N) is 2. The van der Waals surface area contributed by atoms with E-state index in [1.54, 1.807) is 23.1 Å². The van der Waals surface area contributed by atoms with Gasteiger partial charge in [0, 0.05) is 31.7 Å². The van der Waals surface area contributed by atoms with Gasteiger partial charge in [-0.15, -0.1) is 0 Å². The molecule has 2 aromatic rings. The zero-order chi connectivity index (χ0) is 19.4. The van der Waals surface area contributed by atoms with Crippen molar-refractivity contribution in [2.75, 3.05) is 37.7 Å². The van der Waals surface area contributed by atoms with E-state index in [0.29, 0.717) is 37.4 Å². The van der Waals surface area contributed by atoms with Crippen LogP contribution in [0, 0.1) is 5.82 Å². The van der Waals surface area contributed by atoms with E-state index in [1.807, 2.05) is 4.90 Å². The third-order valence-corrected chi connectivity index (χ3v) is 4.38. The smallest absolute Gasteiger partial charge is 0.374 e. The van der Waals surface area contributed by atoms with Crippen molar-refractivity contribution in [1.82, 2.24) is 4.90 Å². The van der Waals surface area contributed by atoms with Gasteiger partial charge in [0.05, 0.1) is 12.0 Å². The van der Waals surface area contributed by atoms with E-state index in [-0.39, 0.29) is 24.1 Å². The number of benzene rings is 1. The normalized spacial score (nSPS) is 14.1. The lowest BCUT2D eigenvalue weighted by molar-refractivity contribution is -0.134. The van der Waals surface area contributed by atoms with Crippen LogP contribution in [0.5, 0.6) is 0 Å². The molecule has 0 bridgehead atoms. The molecule has 1 amide bonds. The summed E-state index contributed by atoms with van der Waals surface area (Å²) in [6.45, 7) is 2.65. The van der Waals surface area contributed by atoms with Crippen molar-refractivity contribution in [2.45, 2.75) is 6.92 Å². The summed E-state index contributed by atoms with van der Waals surface area (Å²) in [6.07, 6.45) is 1.35. The first-order valence-electron chi connectivity index (χ1n) is 8.49. The Balaban J connectivity index is 1.52. The molecule has 0 spiro atoms. The fraction of sp³-hybridized carbons (Fsp3) is 0.316. The zero-order valence-corrected chi connectivity index (χ0v) is 14.8. The lowest BCUT2D eigenvalue weighted by atomic mass is 10.1. The van der Waals surface area contributed by atoms with E-state index in [4.69, 9.17) is 9.15 Å². The third kappa shape index (κ3) is 4.33. The molecule has 0 unspecified atom stereocenters. The Hall–Kier alpha value is -3.16. The van der Waals surface area contributed by atoms with Crippen LogP contribution >= 0.6 is 0 Å². The fourth-order valence-electron chi connectivity index (χ4n) is 2.86. The number of carbonyl (C=O) groups excluding carboxylic acids is 3. The minimum atomic E-state index is -0.695. The van der Waals surface area contributed by atoms with Gasteiger partial charge in [0.1, 0.15) is 5.82 Å². The van der Waals surface area contributed by atoms with Crippen LogP contribution in [0.25, 0.3) is 0 Å². The molecule has 0 aliphatic carbocycles. The first-order chi connectivity index (χ1) is 13.0. The van der Waals surface area contributed by atoms with Crippen molar-refractivity contribution >= 4 is 23.3 Å². The number of halogens is 1. The Morgan fingerprint density at radius 1 is 1.15 bits per heavy atom. The van der Waals surface area contributed by atoms with Gasteiger partial charge < -0.3 is 19.0 Å². The molecule has 0 atom stereocenters. The lowest BCUT2D eigenvalue weighted by Crippen LogP contribution is -2.50. The molecule has 0 radical (unpaired) electrons. The fourth-order valence-corrected chi connectivity index (χ4v) is 2.86. The highest BCUT2D eigenvalue weighted by molar-refractivity contribution is 5.94. The number of esters is 1. The summed E-state index contributed by atoms with van der Waals surface area (Å²) in [7, 11) is 0. The number of piperazine rings is 1. The van der Waals surface area contributed by atoms with Gasteiger partial charge in [-0.1, -0.05) is 0 Å². The van der Waals surface area contributed by atoms with Crippen LogP contribution in [0.2, 0.25) is 0 Å². The van der Waals surface area contributed by atoms with E-state index in [9.17, 15) is 18.8 Å². The zero-order valence-electron chi connectivity index (χ0n) is 14.8.